The van der Waals surface area contributed by atoms with Crippen molar-refractivity contribution in [2.24, 2.45) is 5.14 Å². The van der Waals surface area contributed by atoms with Crippen LogP contribution >= 0.6 is 11.6 Å². The Morgan fingerprint density at radius 2 is 1.91 bits per heavy atom. The third-order valence-electron chi connectivity index (χ3n) is 2.84. The molecule has 8 nitrogen and oxygen atoms in total. The molecule has 0 aliphatic heterocycles. The van der Waals surface area contributed by atoms with E-state index in [0.717, 1.165) is 6.07 Å². The fourth-order valence-corrected chi connectivity index (χ4v) is 2.70. The van der Waals surface area contributed by atoms with Crippen molar-refractivity contribution < 1.29 is 23.1 Å². The third-order valence-corrected chi connectivity index (χ3v) is 4.23. The second-order valence-corrected chi connectivity index (χ2v) is 7.72. The minimum atomic E-state index is -4.09. The van der Waals surface area contributed by atoms with Crippen molar-refractivity contribution in [2.45, 2.75) is 31.2 Å². The van der Waals surface area contributed by atoms with Gasteiger partial charge in [0.05, 0.1) is 5.02 Å². The standard InChI is InChI=1S/C13H18ClN3O5S/c1-13(2,3)17(7-11(18)19)16-12(20)8-4-5-9(14)10(6-8)23(15,21)22/h4-6H,7H2,1-3H3,(H,16,20)(H,18,19)(H2,15,21,22). The van der Waals surface area contributed by atoms with E-state index < -0.39 is 34.0 Å². The molecule has 0 bridgehead atoms. The van der Waals surface area contributed by atoms with E-state index in [1.807, 2.05) is 0 Å². The van der Waals surface area contributed by atoms with Crippen molar-refractivity contribution in [2.75, 3.05) is 6.54 Å². The topological polar surface area (TPSA) is 130 Å². The smallest absolute Gasteiger partial charge is 0.319 e. The van der Waals surface area contributed by atoms with Gasteiger partial charge in [-0.3, -0.25) is 15.0 Å². The third kappa shape index (κ3) is 5.47. The first-order valence-corrected chi connectivity index (χ1v) is 8.37. The minimum absolute atomic E-state index is 0.0157. The van der Waals surface area contributed by atoms with Crippen LogP contribution in [-0.2, 0) is 14.8 Å². The Hall–Kier alpha value is -1.68. The number of carboxylic acid groups (broad SMARTS) is 1. The summed E-state index contributed by atoms with van der Waals surface area (Å²) in [6.45, 7) is 4.72. The van der Waals surface area contributed by atoms with Crippen LogP contribution in [0.5, 0.6) is 0 Å². The lowest BCUT2D eigenvalue weighted by Crippen LogP contribution is -2.54. The van der Waals surface area contributed by atoms with Gasteiger partial charge < -0.3 is 5.11 Å². The fourth-order valence-electron chi connectivity index (χ4n) is 1.63. The van der Waals surface area contributed by atoms with E-state index in [1.54, 1.807) is 20.8 Å². The van der Waals surface area contributed by atoms with Crippen LogP contribution in [0.2, 0.25) is 5.02 Å². The van der Waals surface area contributed by atoms with Gasteiger partial charge in [0.15, 0.2) is 0 Å². The second-order valence-electron chi connectivity index (χ2n) is 5.78. The van der Waals surface area contributed by atoms with Crippen LogP contribution in [0.25, 0.3) is 0 Å². The van der Waals surface area contributed by atoms with Gasteiger partial charge in [0, 0.05) is 11.1 Å². The van der Waals surface area contributed by atoms with Gasteiger partial charge in [0.2, 0.25) is 10.0 Å². The number of sulfonamides is 1. The number of hydrogen-bond donors (Lipinski definition) is 3. The highest BCUT2D eigenvalue weighted by molar-refractivity contribution is 7.89. The van der Waals surface area contributed by atoms with Crippen LogP contribution in [0.15, 0.2) is 23.1 Å². The first-order valence-electron chi connectivity index (χ1n) is 6.45. The molecule has 0 unspecified atom stereocenters. The summed E-state index contributed by atoms with van der Waals surface area (Å²) in [5.74, 6) is -1.80. The van der Waals surface area contributed by atoms with Gasteiger partial charge in [-0.15, -0.1) is 0 Å². The second kappa shape index (κ2) is 6.83. The van der Waals surface area contributed by atoms with Crippen molar-refractivity contribution in [1.29, 1.82) is 0 Å². The number of nitrogens with one attached hydrogen (secondary N) is 1. The molecule has 0 spiro atoms. The number of carbonyl (C=O) groups excluding carboxylic acids is 1. The maximum absolute atomic E-state index is 12.2. The lowest BCUT2D eigenvalue weighted by Gasteiger charge is -2.34. The highest BCUT2D eigenvalue weighted by Gasteiger charge is 2.26. The van der Waals surface area contributed by atoms with E-state index in [0.29, 0.717) is 0 Å². The zero-order valence-corrected chi connectivity index (χ0v) is 14.4. The first kappa shape index (κ1) is 19.4. The number of aliphatic carboxylic acids is 1. The highest BCUT2D eigenvalue weighted by Crippen LogP contribution is 2.21. The van der Waals surface area contributed by atoms with E-state index in [2.05, 4.69) is 5.43 Å². The molecule has 0 atom stereocenters. The normalized spacial score (nSPS) is 12.3. The molecule has 0 saturated heterocycles. The molecule has 0 saturated carbocycles. The number of rotatable bonds is 5. The molecule has 1 rings (SSSR count). The summed E-state index contributed by atoms with van der Waals surface area (Å²) in [5, 5.41) is 15.1. The maximum Gasteiger partial charge on any atom is 0.319 e. The molecule has 1 amide bonds. The van der Waals surface area contributed by atoms with Gasteiger partial charge in [-0.05, 0) is 39.0 Å². The summed E-state index contributed by atoms with van der Waals surface area (Å²) in [6, 6.07) is 3.58. The Morgan fingerprint density at radius 1 is 1.35 bits per heavy atom. The van der Waals surface area contributed by atoms with Gasteiger partial charge in [-0.1, -0.05) is 11.6 Å². The largest absolute Gasteiger partial charge is 0.480 e. The van der Waals surface area contributed by atoms with Crippen LogP contribution in [0, 0.1) is 0 Å². The number of hydrazine groups is 1. The van der Waals surface area contributed by atoms with Crippen LogP contribution in [0.3, 0.4) is 0 Å². The Morgan fingerprint density at radius 3 is 2.35 bits per heavy atom. The molecule has 4 N–H and O–H groups in total. The van der Waals surface area contributed by atoms with E-state index in [-0.39, 0.29) is 15.5 Å². The van der Waals surface area contributed by atoms with Gasteiger partial charge in [-0.25, -0.2) is 18.6 Å². The highest BCUT2D eigenvalue weighted by atomic mass is 35.5. The molecule has 0 aliphatic rings. The summed E-state index contributed by atoms with van der Waals surface area (Å²) in [5.41, 5.74) is 1.76. The van der Waals surface area contributed by atoms with Gasteiger partial charge in [-0.2, -0.15) is 0 Å². The summed E-state index contributed by atoms with van der Waals surface area (Å²) in [6.07, 6.45) is 0. The monoisotopic (exact) mass is 363 g/mol. The van der Waals surface area contributed by atoms with Gasteiger partial charge in [0.25, 0.3) is 5.91 Å². The molecule has 0 heterocycles. The molecule has 0 aromatic heterocycles. The SMILES string of the molecule is CC(C)(C)N(CC(=O)O)NC(=O)c1ccc(Cl)c(S(N)(=O)=O)c1. The molecule has 10 heteroatoms. The average Bonchev–Trinajstić information content (AvgIpc) is 2.35. The summed E-state index contributed by atoms with van der Waals surface area (Å²) in [4.78, 5) is 22.8. The molecule has 23 heavy (non-hydrogen) atoms. The summed E-state index contributed by atoms with van der Waals surface area (Å²) < 4.78 is 22.9. The molecule has 1 aromatic rings. The van der Waals surface area contributed by atoms with Crippen molar-refractivity contribution in [1.82, 2.24) is 10.4 Å². The molecule has 0 aliphatic carbocycles. The zero-order valence-electron chi connectivity index (χ0n) is 12.8. The van der Waals surface area contributed by atoms with Crippen molar-refractivity contribution in [3.63, 3.8) is 0 Å². The Kier molecular flexibility index (Phi) is 5.75. The van der Waals surface area contributed by atoms with Gasteiger partial charge in [0.1, 0.15) is 11.4 Å². The number of primary sulfonamides is 1. The number of benzene rings is 1. The molecular weight excluding hydrogens is 346 g/mol. The number of amides is 1. The zero-order chi connectivity index (χ0) is 18.0. The predicted octanol–water partition coefficient (Wildman–Crippen LogP) is 0.817. The molecule has 0 radical (unpaired) electrons. The molecule has 0 fully saturated rings. The maximum atomic E-state index is 12.2. The summed E-state index contributed by atoms with van der Waals surface area (Å²) >= 11 is 5.75. The number of nitrogens with zero attached hydrogens (tertiary/aromatic N) is 1. The Balaban J connectivity index is 3.12. The van der Waals surface area contributed by atoms with Gasteiger partial charge >= 0.3 is 5.97 Å². The Bertz CT molecular complexity index is 728. The quantitative estimate of drug-likeness (QED) is 0.664. The van der Waals surface area contributed by atoms with Crippen molar-refractivity contribution in [3.8, 4) is 0 Å². The van der Waals surface area contributed by atoms with Crippen LogP contribution in [0.1, 0.15) is 31.1 Å². The Labute approximate surface area is 139 Å². The minimum Gasteiger partial charge on any atom is -0.480 e. The number of carbonyl (C=O) groups is 2. The van der Waals surface area contributed by atoms with Crippen molar-refractivity contribution >= 4 is 33.5 Å². The lowest BCUT2D eigenvalue weighted by atomic mass is 10.1. The molecule has 128 valence electrons. The van der Waals surface area contributed by atoms with Crippen LogP contribution in [-0.4, -0.2) is 42.5 Å². The summed E-state index contributed by atoms with van der Waals surface area (Å²) in [7, 11) is -4.09. The average molecular weight is 364 g/mol. The van der Waals surface area contributed by atoms with Crippen molar-refractivity contribution in [3.05, 3.63) is 28.8 Å². The molecular formula is C13H18ClN3O5S. The first-order chi connectivity index (χ1) is 10.3. The molecule has 1 aromatic carbocycles. The van der Waals surface area contributed by atoms with E-state index in [9.17, 15) is 18.0 Å². The number of halogens is 1. The number of hydrogen-bond acceptors (Lipinski definition) is 5. The number of carboxylic acids is 1. The predicted molar refractivity (Wildman–Crippen MR) is 84.4 cm³/mol. The van der Waals surface area contributed by atoms with E-state index in [1.165, 1.54) is 17.1 Å². The van der Waals surface area contributed by atoms with E-state index in [4.69, 9.17) is 21.8 Å². The van der Waals surface area contributed by atoms with Crippen LogP contribution in [0.4, 0.5) is 0 Å². The van der Waals surface area contributed by atoms with Crippen LogP contribution < -0.4 is 10.6 Å². The fraction of sp³-hybridized carbons (Fsp3) is 0.385. The lowest BCUT2D eigenvalue weighted by molar-refractivity contribution is -0.140. The number of nitrogens with two attached hydrogens (primary N) is 1. The van der Waals surface area contributed by atoms with E-state index >= 15 is 0 Å².